The van der Waals surface area contributed by atoms with Crippen molar-refractivity contribution in [2.45, 2.75) is 26.2 Å². The van der Waals surface area contributed by atoms with Crippen LogP contribution in [0.25, 0.3) is 0 Å². The normalized spacial score (nSPS) is 11.9. The molecule has 0 unspecified atom stereocenters. The van der Waals surface area contributed by atoms with Crippen molar-refractivity contribution >= 4 is 5.96 Å². The van der Waals surface area contributed by atoms with Gasteiger partial charge in [-0.1, -0.05) is 30.3 Å². The molecule has 5 nitrogen and oxygen atoms in total. The monoisotopic (exact) mass is 366 g/mol. The largest absolute Gasteiger partial charge is 0.468 e. The Balaban J connectivity index is 1.95. The van der Waals surface area contributed by atoms with E-state index in [2.05, 4.69) is 25.3 Å². The minimum absolute atomic E-state index is 0.0720. The maximum atomic E-state index is 12.2. The lowest BCUT2D eigenvalue weighted by Crippen LogP contribution is -2.36. The molecule has 2 aromatic rings. The number of hydrogen-bond acceptors (Lipinski definition) is 3. The van der Waals surface area contributed by atoms with Gasteiger partial charge in [-0.25, -0.2) is 9.98 Å². The molecule has 0 atom stereocenters. The molecule has 0 spiro atoms. The van der Waals surface area contributed by atoms with E-state index < -0.39 is 12.8 Å². The number of aromatic nitrogens is 1. The number of halogens is 3. The Hall–Kier alpha value is -2.77. The van der Waals surface area contributed by atoms with Crippen LogP contribution >= 0.6 is 0 Å². The fraction of sp³-hybridized carbons (Fsp3) is 0.333. The molecule has 1 aromatic carbocycles. The Morgan fingerprint density at radius 1 is 1.12 bits per heavy atom. The number of benzene rings is 1. The molecular formula is C18H21F3N4O. The SMILES string of the molecule is CCNC(=NCc1ccnc(OCC(F)(F)F)c1)NCc1ccccc1. The topological polar surface area (TPSA) is 58.5 Å². The Kier molecular flexibility index (Phi) is 7.25. The molecule has 8 heteroatoms. The van der Waals surface area contributed by atoms with Gasteiger partial charge in [-0.2, -0.15) is 13.2 Å². The summed E-state index contributed by atoms with van der Waals surface area (Å²) in [6.07, 6.45) is -2.99. The molecule has 0 aliphatic rings. The van der Waals surface area contributed by atoms with E-state index in [1.807, 2.05) is 37.3 Å². The summed E-state index contributed by atoms with van der Waals surface area (Å²) in [5.74, 6) is 0.545. The van der Waals surface area contributed by atoms with Crippen molar-refractivity contribution in [2.24, 2.45) is 4.99 Å². The van der Waals surface area contributed by atoms with Gasteiger partial charge in [0, 0.05) is 25.4 Å². The van der Waals surface area contributed by atoms with Gasteiger partial charge in [0.2, 0.25) is 5.88 Å². The molecule has 0 aliphatic carbocycles. The predicted octanol–water partition coefficient (Wildman–Crippen LogP) is 3.28. The molecule has 0 bridgehead atoms. The maximum Gasteiger partial charge on any atom is 0.422 e. The minimum Gasteiger partial charge on any atom is -0.468 e. The van der Waals surface area contributed by atoms with E-state index in [1.54, 1.807) is 6.07 Å². The fourth-order valence-electron chi connectivity index (χ4n) is 2.08. The Morgan fingerprint density at radius 2 is 1.88 bits per heavy atom. The third-order valence-corrected chi connectivity index (χ3v) is 3.25. The molecule has 1 aromatic heterocycles. The molecule has 2 N–H and O–H groups in total. The number of hydrogen-bond donors (Lipinski definition) is 2. The van der Waals surface area contributed by atoms with Crippen LogP contribution in [0.4, 0.5) is 13.2 Å². The zero-order valence-corrected chi connectivity index (χ0v) is 14.4. The van der Waals surface area contributed by atoms with Gasteiger partial charge >= 0.3 is 6.18 Å². The Bertz CT molecular complexity index is 705. The molecule has 2 rings (SSSR count). The molecule has 0 saturated heterocycles. The number of nitrogens with zero attached hydrogens (tertiary/aromatic N) is 2. The number of ether oxygens (including phenoxy) is 1. The van der Waals surface area contributed by atoms with Gasteiger partial charge < -0.3 is 15.4 Å². The van der Waals surface area contributed by atoms with Crippen molar-refractivity contribution in [3.8, 4) is 5.88 Å². The molecule has 26 heavy (non-hydrogen) atoms. The van der Waals surface area contributed by atoms with Gasteiger partial charge in [-0.15, -0.1) is 0 Å². The van der Waals surface area contributed by atoms with Crippen LogP contribution in [0.2, 0.25) is 0 Å². The molecular weight excluding hydrogens is 345 g/mol. The summed E-state index contributed by atoms with van der Waals surface area (Å²) in [4.78, 5) is 8.22. The number of nitrogens with one attached hydrogen (secondary N) is 2. The van der Waals surface area contributed by atoms with Crippen molar-refractivity contribution in [3.63, 3.8) is 0 Å². The summed E-state index contributed by atoms with van der Waals surface area (Å²) < 4.78 is 41.3. The van der Waals surface area contributed by atoms with Gasteiger partial charge in [0.05, 0.1) is 6.54 Å². The first-order chi connectivity index (χ1) is 12.5. The third-order valence-electron chi connectivity index (χ3n) is 3.25. The van der Waals surface area contributed by atoms with Crippen LogP contribution in [-0.2, 0) is 13.1 Å². The van der Waals surface area contributed by atoms with Crippen molar-refractivity contribution < 1.29 is 17.9 Å². The number of guanidine groups is 1. The highest BCUT2D eigenvalue weighted by Gasteiger charge is 2.28. The van der Waals surface area contributed by atoms with Crippen LogP contribution < -0.4 is 15.4 Å². The van der Waals surface area contributed by atoms with Gasteiger partial charge in [0.25, 0.3) is 0 Å². The molecule has 1 heterocycles. The molecule has 0 radical (unpaired) electrons. The summed E-state index contributed by atoms with van der Waals surface area (Å²) in [5.41, 5.74) is 1.82. The number of pyridine rings is 1. The van der Waals surface area contributed by atoms with Gasteiger partial charge in [0.15, 0.2) is 12.6 Å². The van der Waals surface area contributed by atoms with E-state index in [1.165, 1.54) is 12.3 Å². The predicted molar refractivity (Wildman–Crippen MR) is 93.9 cm³/mol. The highest BCUT2D eigenvalue weighted by molar-refractivity contribution is 5.79. The summed E-state index contributed by atoms with van der Waals surface area (Å²) in [7, 11) is 0. The average molecular weight is 366 g/mol. The first-order valence-electron chi connectivity index (χ1n) is 8.17. The second kappa shape index (κ2) is 9.65. The molecule has 140 valence electrons. The van der Waals surface area contributed by atoms with Gasteiger partial charge in [0.1, 0.15) is 0 Å². The lowest BCUT2D eigenvalue weighted by Gasteiger charge is -2.12. The fourth-order valence-corrected chi connectivity index (χ4v) is 2.08. The van der Waals surface area contributed by atoms with Crippen molar-refractivity contribution in [3.05, 3.63) is 59.8 Å². The zero-order chi connectivity index (χ0) is 18.8. The van der Waals surface area contributed by atoms with Gasteiger partial charge in [-0.3, -0.25) is 0 Å². The smallest absolute Gasteiger partial charge is 0.422 e. The molecule has 0 amide bonds. The third kappa shape index (κ3) is 7.42. The first kappa shape index (κ1) is 19.6. The highest BCUT2D eigenvalue weighted by Crippen LogP contribution is 2.17. The van der Waals surface area contributed by atoms with Crippen molar-refractivity contribution in [1.29, 1.82) is 0 Å². The highest BCUT2D eigenvalue weighted by atomic mass is 19.4. The van der Waals surface area contributed by atoms with Crippen molar-refractivity contribution in [2.75, 3.05) is 13.2 Å². The molecule has 0 fully saturated rings. The summed E-state index contributed by atoms with van der Waals surface area (Å²) in [6, 6.07) is 13.0. The number of rotatable bonds is 7. The lowest BCUT2D eigenvalue weighted by molar-refractivity contribution is -0.154. The summed E-state index contributed by atoms with van der Waals surface area (Å²) >= 11 is 0. The molecule has 0 aliphatic heterocycles. The molecule has 0 saturated carbocycles. The number of aliphatic imine (C=N–C) groups is 1. The van der Waals surface area contributed by atoms with Crippen LogP contribution in [0.15, 0.2) is 53.7 Å². The van der Waals surface area contributed by atoms with Crippen molar-refractivity contribution in [1.82, 2.24) is 15.6 Å². The maximum absolute atomic E-state index is 12.2. The minimum atomic E-state index is -4.39. The average Bonchev–Trinajstić information content (AvgIpc) is 2.63. The summed E-state index contributed by atoms with van der Waals surface area (Å²) in [6.45, 7) is 2.18. The van der Waals surface area contributed by atoms with Crippen LogP contribution in [0.1, 0.15) is 18.1 Å². The van der Waals surface area contributed by atoms with Crippen LogP contribution in [0.5, 0.6) is 5.88 Å². The standard InChI is InChI=1S/C18H21F3N4O/c1-2-22-17(24-11-14-6-4-3-5-7-14)25-12-15-8-9-23-16(10-15)26-13-18(19,20)21/h3-10H,2,11-13H2,1H3,(H2,22,24,25). The first-order valence-corrected chi connectivity index (χ1v) is 8.17. The second-order valence-electron chi connectivity index (χ2n) is 5.44. The van der Waals surface area contributed by atoms with E-state index >= 15 is 0 Å². The van der Waals surface area contributed by atoms with Crippen LogP contribution in [0, 0.1) is 0 Å². The Labute approximate surface area is 150 Å². The zero-order valence-electron chi connectivity index (χ0n) is 14.4. The van der Waals surface area contributed by atoms with E-state index in [9.17, 15) is 13.2 Å². The van der Waals surface area contributed by atoms with E-state index in [4.69, 9.17) is 0 Å². The van der Waals surface area contributed by atoms with E-state index in [0.717, 1.165) is 5.56 Å². The Morgan fingerprint density at radius 3 is 2.58 bits per heavy atom. The quantitative estimate of drug-likeness (QED) is 0.583. The second-order valence-corrected chi connectivity index (χ2v) is 5.44. The van der Waals surface area contributed by atoms with E-state index in [0.29, 0.717) is 24.6 Å². The lowest BCUT2D eigenvalue weighted by atomic mass is 10.2. The van der Waals surface area contributed by atoms with Gasteiger partial charge in [-0.05, 0) is 24.1 Å². The number of alkyl halides is 3. The van der Waals surface area contributed by atoms with E-state index in [-0.39, 0.29) is 12.4 Å². The van der Waals surface area contributed by atoms with Crippen LogP contribution in [-0.4, -0.2) is 30.3 Å². The van der Waals surface area contributed by atoms with Crippen LogP contribution in [0.3, 0.4) is 0 Å². The summed E-state index contributed by atoms with van der Waals surface area (Å²) in [5, 5.41) is 6.34.